The Labute approximate surface area is 79.2 Å². The topological polar surface area (TPSA) is 84.2 Å². The van der Waals surface area contributed by atoms with Gasteiger partial charge in [-0.15, -0.1) is 0 Å². The highest BCUT2D eigenvalue weighted by molar-refractivity contribution is 9.10. The molecule has 0 fully saturated rings. The van der Waals surface area contributed by atoms with Crippen LogP contribution in [0.2, 0.25) is 0 Å². The van der Waals surface area contributed by atoms with Gasteiger partial charge >= 0.3 is 6.03 Å². The fourth-order valence-corrected chi connectivity index (χ4v) is 0.674. The summed E-state index contributed by atoms with van der Waals surface area (Å²) in [6.07, 6.45) is 0. The zero-order valence-electron chi connectivity index (χ0n) is 6.76. The standard InChI is InChI=1S/C6H12BrN3O2/c1-4(7)5(11)9-2-3-10-6(8)12/h4H,2-3H2,1H3,(H,9,11)(H3,8,10,12). The second kappa shape index (κ2) is 5.82. The summed E-state index contributed by atoms with van der Waals surface area (Å²) < 4.78 is 0. The van der Waals surface area contributed by atoms with Gasteiger partial charge < -0.3 is 16.4 Å². The minimum absolute atomic E-state index is 0.110. The molecule has 12 heavy (non-hydrogen) atoms. The molecule has 0 saturated carbocycles. The third-order valence-electron chi connectivity index (χ3n) is 1.08. The summed E-state index contributed by atoms with van der Waals surface area (Å²) in [7, 11) is 0. The van der Waals surface area contributed by atoms with E-state index in [2.05, 4.69) is 26.6 Å². The second-order valence-corrected chi connectivity index (χ2v) is 3.57. The SMILES string of the molecule is CC(Br)C(=O)NCCNC(N)=O. The average Bonchev–Trinajstić information content (AvgIpc) is 1.97. The van der Waals surface area contributed by atoms with Crippen molar-refractivity contribution in [2.24, 2.45) is 5.73 Å². The van der Waals surface area contributed by atoms with Crippen LogP contribution in [0, 0.1) is 0 Å². The molecule has 0 spiro atoms. The number of alkyl halides is 1. The first-order valence-corrected chi connectivity index (χ1v) is 4.40. The fraction of sp³-hybridized carbons (Fsp3) is 0.667. The zero-order chi connectivity index (χ0) is 9.56. The van der Waals surface area contributed by atoms with E-state index in [0.29, 0.717) is 13.1 Å². The minimum Gasteiger partial charge on any atom is -0.353 e. The molecule has 0 aliphatic rings. The summed E-state index contributed by atoms with van der Waals surface area (Å²) in [5.41, 5.74) is 4.80. The molecule has 0 aliphatic carbocycles. The lowest BCUT2D eigenvalue weighted by atomic mass is 10.4. The van der Waals surface area contributed by atoms with Gasteiger partial charge in [0.05, 0.1) is 4.83 Å². The lowest BCUT2D eigenvalue weighted by molar-refractivity contribution is -0.120. The van der Waals surface area contributed by atoms with Crippen LogP contribution in [0.15, 0.2) is 0 Å². The molecule has 5 nitrogen and oxygen atoms in total. The number of halogens is 1. The van der Waals surface area contributed by atoms with E-state index in [1.165, 1.54) is 0 Å². The Hall–Kier alpha value is -0.780. The fourth-order valence-electron chi connectivity index (χ4n) is 0.512. The maximum atomic E-state index is 10.9. The molecular formula is C6H12BrN3O2. The Morgan fingerprint density at radius 1 is 1.42 bits per heavy atom. The summed E-state index contributed by atoms with van der Waals surface area (Å²) in [6, 6.07) is -0.587. The molecule has 0 aromatic carbocycles. The molecule has 0 heterocycles. The summed E-state index contributed by atoms with van der Waals surface area (Å²) in [4.78, 5) is 20.8. The molecule has 0 bridgehead atoms. The molecule has 0 aromatic heterocycles. The van der Waals surface area contributed by atoms with Crippen molar-refractivity contribution in [1.29, 1.82) is 0 Å². The molecule has 0 aliphatic heterocycles. The number of carbonyl (C=O) groups is 2. The number of hydrogen-bond acceptors (Lipinski definition) is 2. The van der Waals surface area contributed by atoms with E-state index in [-0.39, 0.29) is 10.7 Å². The predicted molar refractivity (Wildman–Crippen MR) is 49.0 cm³/mol. The molecule has 1 atom stereocenters. The molecule has 3 amide bonds. The maximum absolute atomic E-state index is 10.9. The van der Waals surface area contributed by atoms with E-state index >= 15 is 0 Å². The van der Waals surface area contributed by atoms with E-state index in [1.54, 1.807) is 6.92 Å². The molecule has 1 unspecified atom stereocenters. The number of nitrogens with one attached hydrogen (secondary N) is 2. The molecule has 70 valence electrons. The highest BCUT2D eigenvalue weighted by atomic mass is 79.9. The number of urea groups is 1. The van der Waals surface area contributed by atoms with Crippen molar-refractivity contribution in [3.63, 3.8) is 0 Å². The van der Waals surface area contributed by atoms with Crippen LogP contribution in [-0.2, 0) is 4.79 Å². The van der Waals surface area contributed by atoms with Crippen molar-refractivity contribution in [2.75, 3.05) is 13.1 Å². The van der Waals surface area contributed by atoms with Gasteiger partial charge in [0.2, 0.25) is 5.91 Å². The van der Waals surface area contributed by atoms with Crippen molar-refractivity contribution >= 4 is 27.9 Å². The van der Waals surface area contributed by atoms with E-state index in [4.69, 9.17) is 5.73 Å². The van der Waals surface area contributed by atoms with Crippen LogP contribution in [0.3, 0.4) is 0 Å². The third-order valence-corrected chi connectivity index (χ3v) is 1.50. The van der Waals surface area contributed by atoms with Crippen molar-refractivity contribution in [3.8, 4) is 0 Å². The van der Waals surface area contributed by atoms with Crippen molar-refractivity contribution < 1.29 is 9.59 Å². The molecule has 6 heteroatoms. The number of primary amides is 1. The van der Waals surface area contributed by atoms with E-state index < -0.39 is 6.03 Å². The summed E-state index contributed by atoms with van der Waals surface area (Å²) in [5.74, 6) is -0.110. The first kappa shape index (κ1) is 11.2. The number of carbonyl (C=O) groups excluding carboxylic acids is 2. The largest absolute Gasteiger partial charge is 0.353 e. The van der Waals surface area contributed by atoms with E-state index in [1.807, 2.05) is 0 Å². The Morgan fingerprint density at radius 2 is 1.92 bits per heavy atom. The second-order valence-electron chi connectivity index (χ2n) is 2.20. The van der Waals surface area contributed by atoms with E-state index in [9.17, 15) is 9.59 Å². The minimum atomic E-state index is -0.587. The molecule has 0 aromatic rings. The Balaban J connectivity index is 3.32. The molecular weight excluding hydrogens is 226 g/mol. The lowest BCUT2D eigenvalue weighted by Gasteiger charge is -2.06. The van der Waals surface area contributed by atoms with Gasteiger partial charge in [0.15, 0.2) is 0 Å². The maximum Gasteiger partial charge on any atom is 0.312 e. The van der Waals surface area contributed by atoms with Gasteiger partial charge in [0.1, 0.15) is 0 Å². The normalized spacial score (nSPS) is 11.8. The summed E-state index contributed by atoms with van der Waals surface area (Å²) >= 11 is 3.10. The van der Waals surface area contributed by atoms with Crippen molar-refractivity contribution in [3.05, 3.63) is 0 Å². The number of hydrogen-bond donors (Lipinski definition) is 3. The highest BCUT2D eigenvalue weighted by Crippen LogP contribution is 1.94. The Morgan fingerprint density at radius 3 is 2.33 bits per heavy atom. The first-order chi connectivity index (χ1) is 5.54. The van der Waals surface area contributed by atoms with Crippen LogP contribution in [0.5, 0.6) is 0 Å². The van der Waals surface area contributed by atoms with Crippen LogP contribution in [-0.4, -0.2) is 29.9 Å². The highest BCUT2D eigenvalue weighted by Gasteiger charge is 2.06. The van der Waals surface area contributed by atoms with Gasteiger partial charge in [-0.05, 0) is 6.92 Å². The van der Waals surface area contributed by atoms with Gasteiger partial charge in [-0.3, -0.25) is 4.79 Å². The van der Waals surface area contributed by atoms with Gasteiger partial charge in [0.25, 0.3) is 0 Å². The predicted octanol–water partition coefficient (Wildman–Crippen LogP) is -0.446. The van der Waals surface area contributed by atoms with Crippen LogP contribution >= 0.6 is 15.9 Å². The summed E-state index contributed by atoms with van der Waals surface area (Å²) in [5, 5.41) is 4.93. The van der Waals surface area contributed by atoms with E-state index in [0.717, 1.165) is 0 Å². The molecule has 0 radical (unpaired) electrons. The molecule has 0 rings (SSSR count). The van der Waals surface area contributed by atoms with Crippen molar-refractivity contribution in [1.82, 2.24) is 10.6 Å². The van der Waals surface area contributed by atoms with Gasteiger partial charge in [-0.25, -0.2) is 4.79 Å². The molecule has 0 saturated heterocycles. The zero-order valence-corrected chi connectivity index (χ0v) is 8.35. The lowest BCUT2D eigenvalue weighted by Crippen LogP contribution is -2.38. The van der Waals surface area contributed by atoms with Crippen molar-refractivity contribution in [2.45, 2.75) is 11.8 Å². The molecule has 4 N–H and O–H groups in total. The van der Waals surface area contributed by atoms with Gasteiger partial charge in [-0.2, -0.15) is 0 Å². The Bertz CT molecular complexity index is 172. The Kier molecular flexibility index (Phi) is 5.44. The quantitative estimate of drug-likeness (QED) is 0.458. The van der Waals surface area contributed by atoms with Crippen LogP contribution in [0.25, 0.3) is 0 Å². The van der Waals surface area contributed by atoms with Crippen LogP contribution < -0.4 is 16.4 Å². The third kappa shape index (κ3) is 5.96. The first-order valence-electron chi connectivity index (χ1n) is 3.49. The van der Waals surface area contributed by atoms with Gasteiger partial charge in [-0.1, -0.05) is 15.9 Å². The van der Waals surface area contributed by atoms with Crippen LogP contribution in [0.1, 0.15) is 6.92 Å². The number of nitrogens with two attached hydrogens (primary N) is 1. The summed E-state index contributed by atoms with van der Waals surface area (Å²) in [6.45, 7) is 2.45. The van der Waals surface area contributed by atoms with Crippen LogP contribution in [0.4, 0.5) is 4.79 Å². The number of rotatable bonds is 4. The monoisotopic (exact) mass is 237 g/mol. The average molecular weight is 238 g/mol. The van der Waals surface area contributed by atoms with Gasteiger partial charge in [0, 0.05) is 13.1 Å². The number of amides is 3. The smallest absolute Gasteiger partial charge is 0.312 e.